The zero-order valence-electron chi connectivity index (χ0n) is 11.5. The van der Waals surface area contributed by atoms with Crippen molar-refractivity contribution in [2.45, 2.75) is 25.7 Å². The van der Waals surface area contributed by atoms with Crippen LogP contribution in [0.4, 0.5) is 5.69 Å². The Bertz CT molecular complexity index is 599. The number of rotatable bonds is 3. The van der Waals surface area contributed by atoms with Crippen LogP contribution in [0.2, 0.25) is 0 Å². The Hall–Kier alpha value is -1.68. The predicted octanol–water partition coefficient (Wildman–Crippen LogP) is 4.18. The van der Waals surface area contributed by atoms with Crippen LogP contribution in [0.5, 0.6) is 0 Å². The van der Waals surface area contributed by atoms with Gasteiger partial charge < -0.3 is 9.73 Å². The lowest BCUT2D eigenvalue weighted by Gasteiger charge is -2.06. The lowest BCUT2D eigenvalue weighted by Crippen LogP contribution is -2.13. The van der Waals surface area contributed by atoms with Gasteiger partial charge in [0.2, 0.25) is 0 Å². The molecule has 1 amide bonds. The SMILES string of the molecule is CSc1ccc(NC(=O)c2c(C)oc(C)c2C)cc1. The molecule has 0 unspecified atom stereocenters. The molecule has 1 aromatic heterocycles. The van der Waals surface area contributed by atoms with Crippen LogP contribution in [-0.2, 0) is 0 Å². The molecule has 0 aliphatic heterocycles. The van der Waals surface area contributed by atoms with E-state index in [1.54, 1.807) is 11.8 Å². The fourth-order valence-electron chi connectivity index (χ4n) is 2.00. The van der Waals surface area contributed by atoms with Crippen molar-refractivity contribution >= 4 is 23.4 Å². The molecule has 3 nitrogen and oxygen atoms in total. The van der Waals surface area contributed by atoms with Gasteiger partial charge in [0.15, 0.2) is 0 Å². The zero-order valence-corrected chi connectivity index (χ0v) is 12.4. The van der Waals surface area contributed by atoms with Crippen LogP contribution in [0.15, 0.2) is 33.6 Å². The third-order valence-corrected chi connectivity index (χ3v) is 3.88. The van der Waals surface area contributed by atoms with Crippen LogP contribution < -0.4 is 5.32 Å². The molecule has 0 saturated carbocycles. The summed E-state index contributed by atoms with van der Waals surface area (Å²) in [4.78, 5) is 13.4. The van der Waals surface area contributed by atoms with Gasteiger partial charge in [-0.05, 0) is 51.3 Å². The van der Waals surface area contributed by atoms with Crippen LogP contribution in [0.3, 0.4) is 0 Å². The van der Waals surface area contributed by atoms with E-state index in [9.17, 15) is 4.79 Å². The number of aryl methyl sites for hydroxylation is 2. The fourth-order valence-corrected chi connectivity index (χ4v) is 2.40. The molecule has 0 radical (unpaired) electrons. The molecule has 100 valence electrons. The second-order valence-corrected chi connectivity index (χ2v) is 5.28. The van der Waals surface area contributed by atoms with Gasteiger partial charge in [-0.25, -0.2) is 0 Å². The topological polar surface area (TPSA) is 42.2 Å². The summed E-state index contributed by atoms with van der Waals surface area (Å²) in [5.41, 5.74) is 2.32. The average Bonchev–Trinajstić information content (AvgIpc) is 2.64. The number of amides is 1. The largest absolute Gasteiger partial charge is 0.466 e. The standard InChI is InChI=1S/C15H17NO2S/c1-9-10(2)18-11(3)14(9)15(17)16-12-5-7-13(19-4)8-6-12/h5-8H,1-4H3,(H,16,17). The smallest absolute Gasteiger partial charge is 0.259 e. The maximum absolute atomic E-state index is 12.2. The molecule has 2 rings (SSSR count). The van der Waals surface area contributed by atoms with Crippen molar-refractivity contribution in [2.75, 3.05) is 11.6 Å². The Morgan fingerprint density at radius 2 is 1.74 bits per heavy atom. The summed E-state index contributed by atoms with van der Waals surface area (Å²) in [6.07, 6.45) is 2.02. The first kappa shape index (κ1) is 13.7. The normalized spacial score (nSPS) is 10.5. The number of thioether (sulfide) groups is 1. The second-order valence-electron chi connectivity index (χ2n) is 4.40. The summed E-state index contributed by atoms with van der Waals surface area (Å²) in [5, 5.41) is 2.90. The first-order valence-corrected chi connectivity index (χ1v) is 7.27. The number of carbonyl (C=O) groups is 1. The zero-order chi connectivity index (χ0) is 14.0. The summed E-state index contributed by atoms with van der Waals surface area (Å²) in [6.45, 7) is 5.58. The first-order valence-electron chi connectivity index (χ1n) is 6.05. The molecule has 19 heavy (non-hydrogen) atoms. The van der Waals surface area contributed by atoms with Gasteiger partial charge in [-0.15, -0.1) is 11.8 Å². The molecule has 4 heteroatoms. The molecule has 0 atom stereocenters. The quantitative estimate of drug-likeness (QED) is 0.854. The maximum Gasteiger partial charge on any atom is 0.259 e. The first-order chi connectivity index (χ1) is 9.02. The van der Waals surface area contributed by atoms with Crippen molar-refractivity contribution in [3.05, 3.63) is 46.9 Å². The monoisotopic (exact) mass is 275 g/mol. The minimum Gasteiger partial charge on any atom is -0.466 e. The Balaban J connectivity index is 2.20. The van der Waals surface area contributed by atoms with Crippen molar-refractivity contribution in [1.82, 2.24) is 0 Å². The lowest BCUT2D eigenvalue weighted by molar-refractivity contribution is 0.102. The number of carbonyl (C=O) groups excluding carboxylic acids is 1. The van der Waals surface area contributed by atoms with E-state index in [1.807, 2.05) is 51.3 Å². The molecule has 0 bridgehead atoms. The third-order valence-electron chi connectivity index (χ3n) is 3.14. The predicted molar refractivity (Wildman–Crippen MR) is 79.1 cm³/mol. The van der Waals surface area contributed by atoms with Gasteiger partial charge in [0.25, 0.3) is 5.91 Å². The number of benzene rings is 1. The van der Waals surface area contributed by atoms with Crippen LogP contribution in [0.25, 0.3) is 0 Å². The molecule has 0 saturated heterocycles. The minimum absolute atomic E-state index is 0.122. The van der Waals surface area contributed by atoms with Crippen molar-refractivity contribution in [3.8, 4) is 0 Å². The van der Waals surface area contributed by atoms with Crippen molar-refractivity contribution < 1.29 is 9.21 Å². The molecular weight excluding hydrogens is 258 g/mol. The Morgan fingerprint density at radius 3 is 2.21 bits per heavy atom. The van der Waals surface area contributed by atoms with E-state index in [2.05, 4.69) is 5.32 Å². The van der Waals surface area contributed by atoms with Crippen molar-refractivity contribution in [1.29, 1.82) is 0 Å². The number of hydrogen-bond donors (Lipinski definition) is 1. The van der Waals surface area contributed by atoms with Gasteiger partial charge in [0.1, 0.15) is 11.5 Å². The van der Waals surface area contributed by atoms with E-state index < -0.39 is 0 Å². The third kappa shape index (κ3) is 2.84. The number of hydrogen-bond acceptors (Lipinski definition) is 3. The summed E-state index contributed by atoms with van der Waals surface area (Å²) in [6, 6.07) is 7.78. The van der Waals surface area contributed by atoms with Gasteiger partial charge >= 0.3 is 0 Å². The molecule has 0 spiro atoms. The molecule has 1 heterocycles. The van der Waals surface area contributed by atoms with E-state index in [0.29, 0.717) is 11.3 Å². The minimum atomic E-state index is -0.122. The maximum atomic E-state index is 12.2. The van der Waals surface area contributed by atoms with Crippen LogP contribution in [0.1, 0.15) is 27.4 Å². The van der Waals surface area contributed by atoms with Crippen molar-refractivity contribution in [3.63, 3.8) is 0 Å². The molecule has 1 aromatic carbocycles. The van der Waals surface area contributed by atoms with Gasteiger partial charge in [0, 0.05) is 16.1 Å². The Labute approximate surface area is 117 Å². The highest BCUT2D eigenvalue weighted by Gasteiger charge is 2.18. The van der Waals surface area contributed by atoms with E-state index in [-0.39, 0.29) is 5.91 Å². The van der Waals surface area contributed by atoms with Crippen LogP contribution in [-0.4, -0.2) is 12.2 Å². The van der Waals surface area contributed by atoms with E-state index in [0.717, 1.165) is 17.0 Å². The fraction of sp³-hybridized carbons (Fsp3) is 0.267. The van der Waals surface area contributed by atoms with Crippen LogP contribution >= 0.6 is 11.8 Å². The van der Waals surface area contributed by atoms with Crippen LogP contribution in [0, 0.1) is 20.8 Å². The van der Waals surface area contributed by atoms with Gasteiger partial charge in [-0.1, -0.05) is 0 Å². The molecule has 2 aromatic rings. The summed E-state index contributed by atoms with van der Waals surface area (Å²) < 4.78 is 5.48. The Morgan fingerprint density at radius 1 is 1.11 bits per heavy atom. The van der Waals surface area contributed by atoms with E-state index in [1.165, 1.54) is 4.90 Å². The summed E-state index contributed by atoms with van der Waals surface area (Å²) in [5.74, 6) is 1.33. The van der Waals surface area contributed by atoms with Gasteiger partial charge in [-0.2, -0.15) is 0 Å². The van der Waals surface area contributed by atoms with E-state index in [4.69, 9.17) is 4.42 Å². The second kappa shape index (κ2) is 5.53. The van der Waals surface area contributed by atoms with E-state index >= 15 is 0 Å². The summed E-state index contributed by atoms with van der Waals surface area (Å²) >= 11 is 1.67. The Kier molecular flexibility index (Phi) is 4.00. The number of anilines is 1. The highest BCUT2D eigenvalue weighted by molar-refractivity contribution is 7.98. The number of nitrogens with one attached hydrogen (secondary N) is 1. The lowest BCUT2D eigenvalue weighted by atomic mass is 10.1. The molecule has 0 fully saturated rings. The number of furan rings is 1. The van der Waals surface area contributed by atoms with Gasteiger partial charge in [0.05, 0.1) is 5.56 Å². The molecule has 0 aliphatic rings. The van der Waals surface area contributed by atoms with Gasteiger partial charge in [-0.3, -0.25) is 4.79 Å². The van der Waals surface area contributed by atoms with Crippen molar-refractivity contribution in [2.24, 2.45) is 0 Å². The molecule has 1 N–H and O–H groups in total. The summed E-state index contributed by atoms with van der Waals surface area (Å²) in [7, 11) is 0. The molecular formula is C15H17NO2S. The average molecular weight is 275 g/mol. The highest BCUT2D eigenvalue weighted by Crippen LogP contribution is 2.23. The molecule has 0 aliphatic carbocycles. The highest BCUT2D eigenvalue weighted by atomic mass is 32.2.